The van der Waals surface area contributed by atoms with Gasteiger partial charge in [0.15, 0.2) is 0 Å². The Morgan fingerprint density at radius 1 is 0.929 bits per heavy atom. The fourth-order valence-corrected chi connectivity index (χ4v) is 5.90. The van der Waals surface area contributed by atoms with Crippen molar-refractivity contribution >= 4 is 27.3 Å². The Kier molecular flexibility index (Phi) is 4.82. The summed E-state index contributed by atoms with van der Waals surface area (Å²) in [6.07, 6.45) is 5.22. The van der Waals surface area contributed by atoms with Crippen molar-refractivity contribution in [2.24, 2.45) is 0 Å². The summed E-state index contributed by atoms with van der Waals surface area (Å²) in [6, 6.07) is 19.5. The largest absolute Gasteiger partial charge is 0.214 e. The van der Waals surface area contributed by atoms with Crippen molar-refractivity contribution in [1.29, 1.82) is 0 Å². The van der Waals surface area contributed by atoms with Crippen molar-refractivity contribution < 1.29 is 0 Å². The van der Waals surface area contributed by atoms with E-state index in [2.05, 4.69) is 85.1 Å². The molecule has 4 aromatic rings. The summed E-state index contributed by atoms with van der Waals surface area (Å²) in [5.41, 5.74) is 5.23. The molecule has 6 heteroatoms. The molecule has 5 rings (SSSR count). The van der Waals surface area contributed by atoms with Gasteiger partial charge in [-0.25, -0.2) is 0 Å². The van der Waals surface area contributed by atoms with E-state index in [0.717, 1.165) is 9.35 Å². The van der Waals surface area contributed by atoms with Crippen LogP contribution in [0.4, 0.5) is 0 Å². The summed E-state index contributed by atoms with van der Waals surface area (Å²) in [4.78, 5) is 2.26. The van der Waals surface area contributed by atoms with Gasteiger partial charge >= 0.3 is 0 Å². The molecule has 0 radical (unpaired) electrons. The minimum atomic E-state index is 0.642. The molecular weight excluding hydrogens is 432 g/mol. The maximum atomic E-state index is 4.20. The van der Waals surface area contributed by atoms with Gasteiger partial charge in [-0.15, -0.1) is 21.5 Å². The maximum absolute atomic E-state index is 4.20. The third kappa shape index (κ3) is 3.20. The lowest BCUT2D eigenvalue weighted by Crippen LogP contribution is -1.96. The van der Waals surface area contributed by atoms with Crippen LogP contribution in [0.2, 0.25) is 0 Å². The molecule has 0 spiro atoms. The number of nitrogens with zero attached hydrogens (tertiary/aromatic N) is 3. The summed E-state index contributed by atoms with van der Waals surface area (Å²) < 4.78 is 1.09. The van der Waals surface area contributed by atoms with Crippen LogP contribution in [0.15, 0.2) is 59.1 Å². The Balaban J connectivity index is 1.72. The van der Waals surface area contributed by atoms with Gasteiger partial charge in [-0.1, -0.05) is 71.2 Å². The van der Waals surface area contributed by atoms with E-state index in [0.29, 0.717) is 11.7 Å². The zero-order valence-electron chi connectivity index (χ0n) is 15.2. The topological polar surface area (TPSA) is 54.5 Å². The monoisotopic (exact) mass is 450 g/mol. The first kappa shape index (κ1) is 17.8. The van der Waals surface area contributed by atoms with Gasteiger partial charge in [0.2, 0.25) is 5.82 Å². The van der Waals surface area contributed by atoms with Gasteiger partial charge in [0.1, 0.15) is 0 Å². The number of aromatic nitrogens is 4. The zero-order valence-corrected chi connectivity index (χ0v) is 17.6. The highest BCUT2D eigenvalue weighted by atomic mass is 79.9. The molecule has 0 bridgehead atoms. The standard InChI is InChI=1S/C22H19BrN4S/c23-19-12-6-5-11-17(19)21-18(13-20(28-21)22-24-26-27-25-22)16-10-4-3-9-15(16)14-7-1-2-8-14/h3-6,9-14H,1-2,7-8H2,(H,24,25,26,27). The fraction of sp³-hybridized carbons (Fsp3) is 0.227. The Hall–Kier alpha value is -2.31. The normalized spacial score (nSPS) is 14.6. The van der Waals surface area contributed by atoms with Gasteiger partial charge in [-0.2, -0.15) is 5.21 Å². The van der Waals surface area contributed by atoms with Crippen LogP contribution in [0.1, 0.15) is 37.2 Å². The van der Waals surface area contributed by atoms with Crippen LogP contribution in [0.25, 0.3) is 32.3 Å². The van der Waals surface area contributed by atoms with Crippen LogP contribution in [-0.4, -0.2) is 20.6 Å². The third-order valence-electron chi connectivity index (χ3n) is 5.46. The number of benzene rings is 2. The van der Waals surface area contributed by atoms with E-state index in [1.165, 1.54) is 52.8 Å². The molecule has 2 heterocycles. The Labute approximate surface area is 176 Å². The van der Waals surface area contributed by atoms with Gasteiger partial charge in [-0.05, 0) is 47.2 Å². The zero-order chi connectivity index (χ0) is 18.9. The van der Waals surface area contributed by atoms with Crippen molar-refractivity contribution in [3.05, 3.63) is 64.6 Å². The number of hydrogen-bond donors (Lipinski definition) is 1. The molecule has 1 fully saturated rings. The van der Waals surface area contributed by atoms with Crippen molar-refractivity contribution in [2.75, 3.05) is 0 Å². The van der Waals surface area contributed by atoms with Gasteiger partial charge < -0.3 is 0 Å². The molecule has 0 atom stereocenters. The van der Waals surface area contributed by atoms with Crippen molar-refractivity contribution in [1.82, 2.24) is 20.6 Å². The van der Waals surface area contributed by atoms with Crippen LogP contribution in [-0.2, 0) is 0 Å². The lowest BCUT2D eigenvalue weighted by molar-refractivity contribution is 0.725. The number of aromatic amines is 1. The highest BCUT2D eigenvalue weighted by Gasteiger charge is 2.24. The van der Waals surface area contributed by atoms with Gasteiger partial charge in [0.05, 0.1) is 4.88 Å². The van der Waals surface area contributed by atoms with E-state index in [1.807, 2.05) is 6.07 Å². The Morgan fingerprint density at radius 2 is 1.68 bits per heavy atom. The molecule has 0 saturated heterocycles. The number of nitrogens with one attached hydrogen (secondary N) is 1. The molecule has 2 aromatic carbocycles. The number of hydrogen-bond acceptors (Lipinski definition) is 4. The Bertz CT molecular complexity index is 1100. The average molecular weight is 451 g/mol. The molecule has 0 unspecified atom stereocenters. The molecule has 1 N–H and O–H groups in total. The minimum absolute atomic E-state index is 0.642. The summed E-state index contributed by atoms with van der Waals surface area (Å²) in [6.45, 7) is 0. The molecule has 0 aliphatic heterocycles. The van der Waals surface area contributed by atoms with E-state index >= 15 is 0 Å². The second-order valence-corrected chi connectivity index (χ2v) is 9.04. The molecule has 1 aliphatic carbocycles. The highest BCUT2D eigenvalue weighted by molar-refractivity contribution is 9.10. The molecule has 140 valence electrons. The number of halogens is 1. The van der Waals surface area contributed by atoms with Crippen LogP contribution < -0.4 is 0 Å². The molecule has 1 aliphatic rings. The smallest absolute Gasteiger partial charge is 0.177 e. The molecule has 2 aromatic heterocycles. The molecule has 28 heavy (non-hydrogen) atoms. The number of H-pyrrole nitrogens is 1. The third-order valence-corrected chi connectivity index (χ3v) is 7.32. The first-order chi connectivity index (χ1) is 13.8. The Morgan fingerprint density at radius 3 is 2.43 bits per heavy atom. The minimum Gasteiger partial charge on any atom is -0.177 e. The first-order valence-corrected chi connectivity index (χ1v) is 11.1. The SMILES string of the molecule is Brc1ccccc1-c1sc(-c2nn[nH]n2)cc1-c1ccccc1C1CCCC1. The molecular formula is C22H19BrN4S. The van der Waals surface area contributed by atoms with Crippen molar-refractivity contribution in [3.63, 3.8) is 0 Å². The van der Waals surface area contributed by atoms with E-state index in [-0.39, 0.29) is 0 Å². The van der Waals surface area contributed by atoms with E-state index < -0.39 is 0 Å². The quantitative estimate of drug-likeness (QED) is 0.377. The first-order valence-electron chi connectivity index (χ1n) is 9.53. The van der Waals surface area contributed by atoms with Gasteiger partial charge in [0.25, 0.3) is 0 Å². The van der Waals surface area contributed by atoms with Crippen LogP contribution >= 0.6 is 27.3 Å². The van der Waals surface area contributed by atoms with Crippen LogP contribution in [0.3, 0.4) is 0 Å². The van der Waals surface area contributed by atoms with E-state index in [9.17, 15) is 0 Å². The summed E-state index contributed by atoms with van der Waals surface area (Å²) in [7, 11) is 0. The number of thiophene rings is 1. The summed E-state index contributed by atoms with van der Waals surface area (Å²) in [5.74, 6) is 1.29. The van der Waals surface area contributed by atoms with Crippen LogP contribution in [0.5, 0.6) is 0 Å². The molecule has 1 saturated carbocycles. The lowest BCUT2D eigenvalue weighted by atomic mass is 9.89. The fourth-order valence-electron chi connectivity index (χ4n) is 4.15. The van der Waals surface area contributed by atoms with Gasteiger partial charge in [-0.3, -0.25) is 0 Å². The van der Waals surface area contributed by atoms with E-state index in [1.54, 1.807) is 11.3 Å². The summed E-state index contributed by atoms with van der Waals surface area (Å²) in [5, 5.41) is 14.7. The predicted octanol–water partition coefficient (Wildman–Crippen LogP) is 6.68. The van der Waals surface area contributed by atoms with E-state index in [4.69, 9.17) is 0 Å². The molecule has 0 amide bonds. The second-order valence-electron chi connectivity index (χ2n) is 7.14. The second kappa shape index (κ2) is 7.60. The average Bonchev–Trinajstić information content (AvgIpc) is 3.49. The lowest BCUT2D eigenvalue weighted by Gasteiger charge is -2.16. The molecule has 4 nitrogen and oxygen atoms in total. The highest BCUT2D eigenvalue weighted by Crippen LogP contribution is 2.47. The predicted molar refractivity (Wildman–Crippen MR) is 117 cm³/mol. The van der Waals surface area contributed by atoms with Crippen molar-refractivity contribution in [3.8, 4) is 32.3 Å². The maximum Gasteiger partial charge on any atom is 0.214 e. The van der Waals surface area contributed by atoms with Crippen LogP contribution in [0, 0.1) is 0 Å². The number of rotatable bonds is 4. The van der Waals surface area contributed by atoms with Crippen molar-refractivity contribution in [2.45, 2.75) is 31.6 Å². The number of tetrazole rings is 1. The van der Waals surface area contributed by atoms with Gasteiger partial charge in [0, 0.05) is 20.5 Å². The summed E-state index contributed by atoms with van der Waals surface area (Å²) >= 11 is 5.45.